The Labute approximate surface area is 341 Å². The first-order chi connectivity index (χ1) is 27.3. The Morgan fingerprint density at radius 2 is 1.68 bits per heavy atom. The van der Waals surface area contributed by atoms with E-state index >= 15 is 0 Å². The molecule has 2 fully saturated rings. The average molecular weight is 817 g/mol. The monoisotopic (exact) mass is 815 g/mol. The number of ether oxygens (including phenoxy) is 3. The molecule has 0 aliphatic carbocycles. The standard InChI is InChI=1S/C42H47Cl2N7O6/c1-42(2,3)57-41(54)50(24-28-13-15-36(52)46-28)22-25-12-14-33(47-39(25)55-5)32-11-7-10-31(38(32)44)30-9-6-8-29(37(30)43)26-20-34-40(53)49(4)35(48-51(34)23-26)21-45-27-16-18-56-19-17-27/h6-12,14,20,23,27-28,45H,13,15-19,21-22,24H2,1-5H3,(H,46,52)/t28-/m0/s1. The Morgan fingerprint density at radius 1 is 1.00 bits per heavy atom. The molecular weight excluding hydrogens is 769 g/mol. The third-order valence-corrected chi connectivity index (χ3v) is 11.1. The van der Waals surface area contributed by atoms with Gasteiger partial charge in [-0.05, 0) is 58.2 Å². The zero-order valence-corrected chi connectivity index (χ0v) is 34.2. The van der Waals surface area contributed by atoms with E-state index in [2.05, 4.69) is 10.6 Å². The van der Waals surface area contributed by atoms with Gasteiger partial charge in [0.1, 0.15) is 16.9 Å². The highest BCUT2D eigenvalue weighted by atomic mass is 35.5. The lowest BCUT2D eigenvalue weighted by Crippen LogP contribution is -2.43. The van der Waals surface area contributed by atoms with E-state index in [1.165, 1.54) is 7.11 Å². The van der Waals surface area contributed by atoms with E-state index in [0.29, 0.717) is 80.6 Å². The van der Waals surface area contributed by atoms with Crippen LogP contribution in [0.4, 0.5) is 4.79 Å². The summed E-state index contributed by atoms with van der Waals surface area (Å²) in [5, 5.41) is 12.1. The molecule has 3 aromatic heterocycles. The molecule has 2 amide bonds. The van der Waals surface area contributed by atoms with Crippen LogP contribution in [0.15, 0.2) is 65.6 Å². The van der Waals surface area contributed by atoms with E-state index in [1.54, 1.807) is 27.1 Å². The third-order valence-electron chi connectivity index (χ3n) is 10.3. The van der Waals surface area contributed by atoms with E-state index in [1.807, 2.05) is 75.5 Å². The van der Waals surface area contributed by atoms with E-state index in [4.69, 9.17) is 47.5 Å². The highest BCUT2D eigenvalue weighted by Gasteiger charge is 2.29. The molecule has 0 unspecified atom stereocenters. The summed E-state index contributed by atoms with van der Waals surface area (Å²) in [7, 11) is 3.26. The van der Waals surface area contributed by atoms with Gasteiger partial charge >= 0.3 is 6.09 Å². The van der Waals surface area contributed by atoms with Gasteiger partial charge in [0.15, 0.2) is 0 Å². The molecule has 13 nitrogen and oxygen atoms in total. The SMILES string of the molecule is COc1nc(-c2cccc(-c3cccc(-c4cc5c(=O)n(C)c(CNC6CCOCC6)nn5c4)c3Cl)c2Cl)ccc1CN(C[C@@H]1CCC(=O)N1)C(=O)OC(C)(C)C. The van der Waals surface area contributed by atoms with E-state index in [0.717, 1.165) is 37.2 Å². The van der Waals surface area contributed by atoms with E-state index < -0.39 is 11.7 Å². The molecule has 300 valence electrons. The fourth-order valence-corrected chi connectivity index (χ4v) is 7.91. The molecule has 5 aromatic rings. The summed E-state index contributed by atoms with van der Waals surface area (Å²) in [6.07, 6.45) is 4.21. The van der Waals surface area contributed by atoms with E-state index in [9.17, 15) is 14.4 Å². The molecule has 0 radical (unpaired) electrons. The summed E-state index contributed by atoms with van der Waals surface area (Å²) < 4.78 is 20.1. The highest BCUT2D eigenvalue weighted by Crippen LogP contribution is 2.42. The lowest BCUT2D eigenvalue weighted by molar-refractivity contribution is -0.119. The van der Waals surface area contributed by atoms with Crippen molar-refractivity contribution in [2.24, 2.45) is 7.05 Å². The van der Waals surface area contributed by atoms with Gasteiger partial charge in [-0.1, -0.05) is 59.6 Å². The summed E-state index contributed by atoms with van der Waals surface area (Å²) in [6, 6.07) is 17.0. The predicted octanol–water partition coefficient (Wildman–Crippen LogP) is 7.03. The Morgan fingerprint density at radius 3 is 2.35 bits per heavy atom. The fraction of sp³-hybridized carbons (Fsp3) is 0.405. The topological polar surface area (TPSA) is 141 Å². The number of methoxy groups -OCH3 is 1. The molecule has 1 atom stereocenters. The molecule has 0 spiro atoms. The van der Waals surface area contributed by atoms with Crippen LogP contribution < -0.4 is 20.9 Å². The zero-order chi connectivity index (χ0) is 40.4. The first-order valence-electron chi connectivity index (χ1n) is 19.1. The molecular formula is C42H47Cl2N7O6. The van der Waals surface area contributed by atoms with Crippen molar-refractivity contribution in [2.75, 3.05) is 26.9 Å². The van der Waals surface area contributed by atoms with Crippen LogP contribution in [0.25, 0.3) is 39.0 Å². The quantitative estimate of drug-likeness (QED) is 0.144. The Kier molecular flexibility index (Phi) is 11.9. The molecule has 2 aromatic carbocycles. The van der Waals surface area contributed by atoms with Crippen molar-refractivity contribution >= 4 is 40.7 Å². The molecule has 2 aliphatic rings. The van der Waals surface area contributed by atoms with Crippen LogP contribution >= 0.6 is 23.2 Å². The number of benzene rings is 2. The van der Waals surface area contributed by atoms with Crippen molar-refractivity contribution in [3.63, 3.8) is 0 Å². The minimum Gasteiger partial charge on any atom is -0.481 e. The maximum Gasteiger partial charge on any atom is 0.410 e. The van der Waals surface area contributed by atoms with Gasteiger partial charge in [0.2, 0.25) is 11.8 Å². The van der Waals surface area contributed by atoms with Crippen molar-refractivity contribution in [3.8, 4) is 39.4 Å². The minimum atomic E-state index is -0.705. The number of halogens is 2. The summed E-state index contributed by atoms with van der Waals surface area (Å²) in [4.78, 5) is 45.1. The van der Waals surface area contributed by atoms with Gasteiger partial charge in [-0.25, -0.2) is 14.3 Å². The second-order valence-corrected chi connectivity index (χ2v) is 16.2. The fourth-order valence-electron chi connectivity index (χ4n) is 7.25. The van der Waals surface area contributed by atoms with Crippen molar-refractivity contribution in [2.45, 2.75) is 77.2 Å². The number of pyridine rings is 1. The molecule has 0 saturated carbocycles. The smallest absolute Gasteiger partial charge is 0.410 e. The van der Waals surface area contributed by atoms with Gasteiger partial charge < -0.3 is 29.7 Å². The number of carbonyl (C=O) groups excluding carboxylic acids is 2. The summed E-state index contributed by atoms with van der Waals surface area (Å²) in [5.74, 6) is 0.912. The third kappa shape index (κ3) is 8.96. The summed E-state index contributed by atoms with van der Waals surface area (Å²) in [6.45, 7) is 7.77. The molecule has 7 rings (SSSR count). The normalized spacial score (nSPS) is 16.2. The maximum atomic E-state index is 13.5. The first-order valence-corrected chi connectivity index (χ1v) is 19.8. The van der Waals surface area contributed by atoms with Crippen LogP contribution in [-0.4, -0.2) is 80.6 Å². The lowest BCUT2D eigenvalue weighted by atomic mass is 9.97. The van der Waals surface area contributed by atoms with Crippen LogP contribution in [0, 0.1) is 0 Å². The Bertz CT molecular complexity index is 2370. The number of aromatic nitrogens is 4. The van der Waals surface area contributed by atoms with Gasteiger partial charge in [0.25, 0.3) is 5.56 Å². The number of hydrogen-bond acceptors (Lipinski definition) is 9. The van der Waals surface area contributed by atoms with Crippen LogP contribution in [0.5, 0.6) is 5.88 Å². The van der Waals surface area contributed by atoms with Gasteiger partial charge in [0.05, 0.1) is 35.9 Å². The van der Waals surface area contributed by atoms with Crippen LogP contribution in [-0.2, 0) is 34.4 Å². The summed E-state index contributed by atoms with van der Waals surface area (Å²) in [5.41, 5.74) is 4.31. The maximum absolute atomic E-state index is 13.5. The van der Waals surface area contributed by atoms with Crippen LogP contribution in [0.3, 0.4) is 0 Å². The van der Waals surface area contributed by atoms with Crippen LogP contribution in [0.1, 0.15) is 57.8 Å². The van der Waals surface area contributed by atoms with Crippen molar-refractivity contribution in [1.29, 1.82) is 0 Å². The van der Waals surface area contributed by atoms with Gasteiger partial charge in [-0.3, -0.25) is 14.2 Å². The summed E-state index contributed by atoms with van der Waals surface area (Å²) >= 11 is 14.3. The van der Waals surface area contributed by atoms with E-state index in [-0.39, 0.29) is 30.6 Å². The van der Waals surface area contributed by atoms with Crippen molar-refractivity contribution < 1.29 is 23.8 Å². The number of nitrogens with zero attached hydrogens (tertiary/aromatic N) is 5. The zero-order valence-electron chi connectivity index (χ0n) is 32.7. The average Bonchev–Trinajstić information content (AvgIpc) is 3.81. The molecule has 0 bridgehead atoms. The van der Waals surface area contributed by atoms with Crippen molar-refractivity contribution in [3.05, 3.63) is 92.6 Å². The van der Waals surface area contributed by atoms with Gasteiger partial charge in [0, 0.05) is 84.9 Å². The number of hydrogen-bond donors (Lipinski definition) is 2. The Hall–Kier alpha value is -4.95. The van der Waals surface area contributed by atoms with Crippen LogP contribution in [0.2, 0.25) is 10.0 Å². The largest absolute Gasteiger partial charge is 0.481 e. The molecule has 15 heteroatoms. The first kappa shape index (κ1) is 40.3. The number of rotatable bonds is 11. The molecule has 2 saturated heterocycles. The number of amides is 2. The number of nitrogens with one attached hydrogen (secondary N) is 2. The number of carbonyl (C=O) groups is 2. The number of fused-ring (bicyclic) bond motifs is 1. The second-order valence-electron chi connectivity index (χ2n) is 15.5. The van der Waals surface area contributed by atoms with Gasteiger partial charge in [-0.15, -0.1) is 0 Å². The highest BCUT2D eigenvalue weighted by molar-refractivity contribution is 6.39. The molecule has 5 heterocycles. The lowest BCUT2D eigenvalue weighted by Gasteiger charge is -2.29. The molecule has 57 heavy (non-hydrogen) atoms. The molecule has 2 aliphatic heterocycles. The second kappa shape index (κ2) is 16.9. The Balaban J connectivity index is 1.16. The minimum absolute atomic E-state index is 0.0358. The predicted molar refractivity (Wildman–Crippen MR) is 220 cm³/mol. The van der Waals surface area contributed by atoms with Gasteiger partial charge in [-0.2, -0.15) is 5.10 Å². The van der Waals surface area contributed by atoms with Crippen molar-refractivity contribution in [1.82, 2.24) is 34.7 Å². The molecule has 2 N–H and O–H groups in total.